The van der Waals surface area contributed by atoms with Crippen molar-refractivity contribution in [1.82, 2.24) is 5.32 Å². The normalized spacial score (nSPS) is 20.1. The Kier molecular flexibility index (Phi) is 4.66. The van der Waals surface area contributed by atoms with Gasteiger partial charge in [-0.15, -0.1) is 0 Å². The van der Waals surface area contributed by atoms with Crippen LogP contribution in [0.4, 0.5) is 0 Å². The average molecular weight is 267 g/mol. The molecule has 1 atom stereocenters. The van der Waals surface area contributed by atoms with Gasteiger partial charge in [0.15, 0.2) is 0 Å². The molecule has 1 aromatic rings. The van der Waals surface area contributed by atoms with Crippen LogP contribution in [0.2, 0.25) is 0 Å². The molecule has 0 bridgehead atoms. The Morgan fingerprint density at radius 1 is 1.42 bits per heavy atom. The Bertz CT molecular complexity index is 400. The van der Waals surface area contributed by atoms with Gasteiger partial charge in [-0.05, 0) is 40.2 Å². The fourth-order valence-electron chi connectivity index (χ4n) is 2.04. The SMILES string of the molecule is Cc1oc(COC2CCOC2)cc1CNC(C)(C)C. The van der Waals surface area contributed by atoms with Crippen LogP contribution in [0.15, 0.2) is 10.5 Å². The highest BCUT2D eigenvalue weighted by atomic mass is 16.5. The van der Waals surface area contributed by atoms with Gasteiger partial charge in [-0.2, -0.15) is 0 Å². The molecule has 0 radical (unpaired) electrons. The van der Waals surface area contributed by atoms with Crippen LogP contribution in [-0.4, -0.2) is 24.9 Å². The van der Waals surface area contributed by atoms with Gasteiger partial charge in [-0.25, -0.2) is 0 Å². The number of nitrogens with one attached hydrogen (secondary N) is 1. The first-order valence-corrected chi connectivity index (χ1v) is 6.96. The minimum absolute atomic E-state index is 0.113. The van der Waals surface area contributed by atoms with E-state index in [4.69, 9.17) is 13.9 Å². The summed E-state index contributed by atoms with van der Waals surface area (Å²) >= 11 is 0. The molecule has 1 N–H and O–H groups in total. The van der Waals surface area contributed by atoms with Crippen LogP contribution in [0.1, 0.15) is 44.3 Å². The largest absolute Gasteiger partial charge is 0.464 e. The summed E-state index contributed by atoms with van der Waals surface area (Å²) in [6.45, 7) is 11.4. The molecular formula is C15H25NO3. The van der Waals surface area contributed by atoms with Gasteiger partial charge >= 0.3 is 0 Å². The predicted octanol–water partition coefficient (Wildman–Crippen LogP) is 2.78. The molecular weight excluding hydrogens is 242 g/mol. The van der Waals surface area contributed by atoms with Crippen molar-refractivity contribution in [2.75, 3.05) is 13.2 Å². The fraction of sp³-hybridized carbons (Fsp3) is 0.733. The molecule has 4 heteroatoms. The van der Waals surface area contributed by atoms with Gasteiger partial charge in [0.25, 0.3) is 0 Å². The topological polar surface area (TPSA) is 43.6 Å². The molecule has 2 rings (SSSR count). The van der Waals surface area contributed by atoms with Gasteiger partial charge in [-0.3, -0.25) is 0 Å². The van der Waals surface area contributed by atoms with Crippen LogP contribution < -0.4 is 5.32 Å². The van der Waals surface area contributed by atoms with Crippen molar-refractivity contribution < 1.29 is 13.9 Å². The zero-order valence-electron chi connectivity index (χ0n) is 12.4. The molecule has 0 amide bonds. The Morgan fingerprint density at radius 3 is 2.84 bits per heavy atom. The first kappa shape index (κ1) is 14.6. The summed E-state index contributed by atoms with van der Waals surface area (Å²) in [5, 5.41) is 3.47. The minimum atomic E-state index is 0.113. The number of aryl methyl sites for hydroxylation is 1. The van der Waals surface area contributed by atoms with Crippen molar-refractivity contribution in [3.05, 3.63) is 23.2 Å². The van der Waals surface area contributed by atoms with E-state index in [0.29, 0.717) is 13.2 Å². The van der Waals surface area contributed by atoms with E-state index in [1.54, 1.807) is 0 Å². The molecule has 0 spiro atoms. The van der Waals surface area contributed by atoms with E-state index in [0.717, 1.165) is 31.1 Å². The zero-order valence-corrected chi connectivity index (χ0v) is 12.4. The molecule has 1 unspecified atom stereocenters. The zero-order chi connectivity index (χ0) is 13.9. The quantitative estimate of drug-likeness (QED) is 0.891. The smallest absolute Gasteiger partial charge is 0.130 e. The minimum Gasteiger partial charge on any atom is -0.464 e. The molecule has 1 aromatic heterocycles. The van der Waals surface area contributed by atoms with Crippen molar-refractivity contribution in [3.63, 3.8) is 0 Å². The maximum Gasteiger partial charge on any atom is 0.130 e. The van der Waals surface area contributed by atoms with Crippen molar-refractivity contribution in [2.24, 2.45) is 0 Å². The molecule has 1 fully saturated rings. The third-order valence-electron chi connectivity index (χ3n) is 3.23. The van der Waals surface area contributed by atoms with Crippen LogP contribution in [0, 0.1) is 6.92 Å². The number of furan rings is 1. The third kappa shape index (κ3) is 4.64. The first-order chi connectivity index (χ1) is 8.94. The maximum absolute atomic E-state index is 5.76. The molecule has 2 heterocycles. The summed E-state index contributed by atoms with van der Waals surface area (Å²) < 4.78 is 16.8. The van der Waals surface area contributed by atoms with E-state index in [9.17, 15) is 0 Å². The average Bonchev–Trinajstić information content (AvgIpc) is 2.92. The molecule has 108 valence electrons. The molecule has 1 saturated heterocycles. The first-order valence-electron chi connectivity index (χ1n) is 6.96. The molecule has 1 aliphatic heterocycles. The second kappa shape index (κ2) is 6.07. The summed E-state index contributed by atoms with van der Waals surface area (Å²) in [4.78, 5) is 0. The lowest BCUT2D eigenvalue weighted by atomic mass is 10.1. The van der Waals surface area contributed by atoms with E-state index in [-0.39, 0.29) is 11.6 Å². The summed E-state index contributed by atoms with van der Waals surface area (Å²) in [6.07, 6.45) is 1.21. The second-order valence-corrected chi connectivity index (χ2v) is 6.19. The van der Waals surface area contributed by atoms with Crippen LogP contribution in [0.3, 0.4) is 0 Å². The third-order valence-corrected chi connectivity index (χ3v) is 3.23. The van der Waals surface area contributed by atoms with Crippen molar-refractivity contribution in [3.8, 4) is 0 Å². The highest BCUT2D eigenvalue weighted by molar-refractivity contribution is 5.20. The Morgan fingerprint density at radius 2 is 2.21 bits per heavy atom. The van der Waals surface area contributed by atoms with Gasteiger partial charge in [-0.1, -0.05) is 0 Å². The Balaban J connectivity index is 1.85. The van der Waals surface area contributed by atoms with Gasteiger partial charge in [0, 0.05) is 24.3 Å². The highest BCUT2D eigenvalue weighted by Crippen LogP contribution is 2.18. The molecule has 4 nitrogen and oxygen atoms in total. The second-order valence-electron chi connectivity index (χ2n) is 6.19. The van der Waals surface area contributed by atoms with E-state index >= 15 is 0 Å². The van der Waals surface area contributed by atoms with Gasteiger partial charge in [0.2, 0.25) is 0 Å². The monoisotopic (exact) mass is 267 g/mol. The maximum atomic E-state index is 5.76. The molecule has 0 aliphatic carbocycles. The lowest BCUT2D eigenvalue weighted by molar-refractivity contribution is 0.0232. The number of rotatable bonds is 5. The number of ether oxygens (including phenoxy) is 2. The van der Waals surface area contributed by atoms with Crippen molar-refractivity contribution >= 4 is 0 Å². The molecule has 0 aromatic carbocycles. The van der Waals surface area contributed by atoms with Crippen molar-refractivity contribution in [1.29, 1.82) is 0 Å². The lowest BCUT2D eigenvalue weighted by Crippen LogP contribution is -2.35. The molecule has 1 aliphatic rings. The number of hydrogen-bond acceptors (Lipinski definition) is 4. The summed E-state index contributed by atoms with van der Waals surface area (Å²) in [6, 6.07) is 2.09. The van der Waals surface area contributed by atoms with Gasteiger partial charge in [0.05, 0.1) is 12.7 Å². The summed E-state index contributed by atoms with van der Waals surface area (Å²) in [5.74, 6) is 1.87. The van der Waals surface area contributed by atoms with Crippen LogP contribution >= 0.6 is 0 Å². The molecule has 0 saturated carbocycles. The van der Waals surface area contributed by atoms with E-state index in [1.807, 2.05) is 6.92 Å². The van der Waals surface area contributed by atoms with Crippen molar-refractivity contribution in [2.45, 2.75) is 58.9 Å². The van der Waals surface area contributed by atoms with E-state index < -0.39 is 0 Å². The molecule has 19 heavy (non-hydrogen) atoms. The fourth-order valence-corrected chi connectivity index (χ4v) is 2.04. The van der Waals surface area contributed by atoms with Crippen LogP contribution in [-0.2, 0) is 22.6 Å². The Hall–Kier alpha value is -0.840. The predicted molar refractivity (Wildman–Crippen MR) is 74.1 cm³/mol. The number of hydrogen-bond donors (Lipinski definition) is 1. The highest BCUT2D eigenvalue weighted by Gasteiger charge is 2.17. The van der Waals surface area contributed by atoms with Crippen LogP contribution in [0.5, 0.6) is 0 Å². The van der Waals surface area contributed by atoms with Gasteiger partial charge < -0.3 is 19.2 Å². The van der Waals surface area contributed by atoms with Gasteiger partial charge in [0.1, 0.15) is 18.1 Å². The lowest BCUT2D eigenvalue weighted by Gasteiger charge is -2.20. The summed E-state index contributed by atoms with van der Waals surface area (Å²) in [7, 11) is 0. The van der Waals surface area contributed by atoms with E-state index in [2.05, 4.69) is 32.2 Å². The summed E-state index contributed by atoms with van der Waals surface area (Å²) in [5.41, 5.74) is 1.32. The van der Waals surface area contributed by atoms with Crippen LogP contribution in [0.25, 0.3) is 0 Å². The standard InChI is InChI=1S/C15H25NO3/c1-11-12(8-16-15(2,3)4)7-14(19-11)10-18-13-5-6-17-9-13/h7,13,16H,5-6,8-10H2,1-4H3. The van der Waals surface area contributed by atoms with E-state index in [1.165, 1.54) is 5.56 Å². The Labute approximate surface area is 115 Å².